The van der Waals surface area contributed by atoms with Crippen LogP contribution in [0.4, 0.5) is 20.2 Å². The number of ether oxygens (including phenoxy) is 2. The topological polar surface area (TPSA) is 147 Å². The minimum absolute atomic E-state index is 0. The molecule has 5 aromatic rings. The van der Waals surface area contributed by atoms with Gasteiger partial charge in [0.1, 0.15) is 42.0 Å². The van der Waals surface area contributed by atoms with Gasteiger partial charge in [-0.05, 0) is 74.4 Å². The van der Waals surface area contributed by atoms with Gasteiger partial charge < -0.3 is 29.9 Å². The second kappa shape index (κ2) is 15.6. The van der Waals surface area contributed by atoms with Crippen LogP contribution >= 0.6 is 0 Å². The maximum atomic E-state index is 15.0. The molecule has 0 saturated carbocycles. The predicted molar refractivity (Wildman–Crippen MR) is 191 cm³/mol. The Bertz CT molecular complexity index is 1960. The van der Waals surface area contributed by atoms with E-state index < -0.39 is 23.3 Å². The van der Waals surface area contributed by atoms with Gasteiger partial charge in [0.2, 0.25) is 0 Å². The molecule has 2 aliphatic heterocycles. The van der Waals surface area contributed by atoms with Crippen LogP contribution in [-0.4, -0.2) is 85.2 Å². The van der Waals surface area contributed by atoms with Crippen LogP contribution in [0.2, 0.25) is 0 Å². The van der Waals surface area contributed by atoms with E-state index in [0.29, 0.717) is 31.6 Å². The van der Waals surface area contributed by atoms with E-state index in [9.17, 15) is 18.7 Å². The van der Waals surface area contributed by atoms with Crippen molar-refractivity contribution < 1.29 is 28.8 Å². The summed E-state index contributed by atoms with van der Waals surface area (Å²) in [6, 6.07) is 19.2. The minimum Gasteiger partial charge on any atom is -0.493 e. The quantitative estimate of drug-likeness (QED) is 0.204. The first-order valence-electron chi connectivity index (χ1n) is 17.3. The third kappa shape index (κ3) is 7.56. The predicted octanol–water partition coefficient (Wildman–Crippen LogP) is 3.75. The van der Waals surface area contributed by atoms with Gasteiger partial charge >= 0.3 is 5.69 Å². The molecule has 2 saturated heterocycles. The molecule has 2 fully saturated rings. The summed E-state index contributed by atoms with van der Waals surface area (Å²) in [4.78, 5) is 21.7. The summed E-state index contributed by atoms with van der Waals surface area (Å²) in [5, 5.41) is 18.5. The van der Waals surface area contributed by atoms with Gasteiger partial charge in [-0.2, -0.15) is 10.2 Å². The Balaban J connectivity index is 0.00000464. The third-order valence-electron chi connectivity index (χ3n) is 9.96. The van der Waals surface area contributed by atoms with E-state index in [1.54, 1.807) is 17.9 Å². The molecular formula is C37H44F2N8O5. The largest absolute Gasteiger partial charge is 0.493 e. The summed E-state index contributed by atoms with van der Waals surface area (Å²) in [5.74, 6) is -0.563. The number of aliphatic hydroxyl groups is 1. The minimum atomic E-state index is -1.02. The second-order valence-electron chi connectivity index (χ2n) is 13.3. The Morgan fingerprint density at radius 1 is 0.942 bits per heavy atom. The fourth-order valence-corrected chi connectivity index (χ4v) is 7.24. The first kappa shape index (κ1) is 36.7. The van der Waals surface area contributed by atoms with Crippen LogP contribution in [0.25, 0.3) is 5.69 Å². The van der Waals surface area contributed by atoms with Crippen LogP contribution < -0.4 is 20.2 Å². The van der Waals surface area contributed by atoms with E-state index >= 15 is 0 Å². The monoisotopic (exact) mass is 718 g/mol. The average molecular weight is 719 g/mol. The zero-order valence-electron chi connectivity index (χ0n) is 29.2. The number of nitrogens with zero attached hydrogens (tertiary/aromatic N) is 8. The number of aliphatic hydroxyl groups excluding tert-OH is 1. The van der Waals surface area contributed by atoms with Gasteiger partial charge in [-0.25, -0.2) is 32.5 Å². The van der Waals surface area contributed by atoms with Gasteiger partial charge in [0, 0.05) is 55.1 Å². The molecule has 0 amide bonds. The molecule has 13 nitrogen and oxygen atoms in total. The molecule has 7 rings (SSSR count). The lowest BCUT2D eigenvalue weighted by Gasteiger charge is -2.37. The number of benzene rings is 3. The number of anilines is 2. The lowest BCUT2D eigenvalue weighted by atomic mass is 9.87. The van der Waals surface area contributed by atoms with Gasteiger partial charge in [-0.3, -0.25) is 0 Å². The van der Waals surface area contributed by atoms with E-state index in [2.05, 4.69) is 37.1 Å². The smallest absolute Gasteiger partial charge is 0.350 e. The number of aromatic nitrogens is 6. The Morgan fingerprint density at radius 3 is 2.19 bits per heavy atom. The lowest BCUT2D eigenvalue weighted by molar-refractivity contribution is -0.0206. The van der Waals surface area contributed by atoms with E-state index in [1.807, 2.05) is 43.3 Å². The molecule has 4 heterocycles. The molecule has 0 radical (unpaired) electrons. The molecule has 3 aromatic carbocycles. The summed E-state index contributed by atoms with van der Waals surface area (Å²) >= 11 is 0. The summed E-state index contributed by atoms with van der Waals surface area (Å²) in [6.45, 7) is 7.97. The highest BCUT2D eigenvalue weighted by Crippen LogP contribution is 2.42. The molecule has 276 valence electrons. The van der Waals surface area contributed by atoms with Crippen molar-refractivity contribution in [2.75, 3.05) is 49.2 Å². The SMILES string of the molecule is CCC(C(C)O)n1ncn(-c2ccc(N3CCN(c4ccc(OC[C@@H]5CO[C@@](Cn6cncn6)(c6ccc(F)cc6F)C5)cc4)CC3)cc2)c1=O.O. The van der Waals surface area contributed by atoms with Crippen LogP contribution in [-0.2, 0) is 16.9 Å². The van der Waals surface area contributed by atoms with Crippen molar-refractivity contribution in [3.8, 4) is 11.4 Å². The Labute approximate surface area is 300 Å². The number of hydrogen-bond acceptors (Lipinski definition) is 9. The van der Waals surface area contributed by atoms with Crippen molar-refractivity contribution in [1.82, 2.24) is 29.1 Å². The van der Waals surface area contributed by atoms with E-state index in [0.717, 1.165) is 55.1 Å². The van der Waals surface area contributed by atoms with Crippen molar-refractivity contribution in [2.45, 2.75) is 51.0 Å². The first-order chi connectivity index (χ1) is 24.7. The van der Waals surface area contributed by atoms with Gasteiger partial charge in [0.05, 0.1) is 37.6 Å². The fourth-order valence-electron chi connectivity index (χ4n) is 7.24. The molecule has 0 bridgehead atoms. The van der Waals surface area contributed by atoms with Crippen molar-refractivity contribution in [3.63, 3.8) is 0 Å². The molecule has 2 aliphatic rings. The van der Waals surface area contributed by atoms with Crippen molar-refractivity contribution in [1.29, 1.82) is 0 Å². The van der Waals surface area contributed by atoms with Crippen LogP contribution in [0.3, 0.4) is 0 Å². The normalized spacial score (nSPS) is 20.1. The molecule has 0 aliphatic carbocycles. The lowest BCUT2D eigenvalue weighted by Crippen LogP contribution is -2.46. The number of rotatable bonds is 12. The summed E-state index contributed by atoms with van der Waals surface area (Å²) in [6.07, 6.45) is 4.88. The summed E-state index contributed by atoms with van der Waals surface area (Å²) < 4.78 is 45.6. The van der Waals surface area contributed by atoms with Crippen molar-refractivity contribution in [2.24, 2.45) is 5.92 Å². The Morgan fingerprint density at radius 2 is 1.60 bits per heavy atom. The molecule has 4 atom stereocenters. The Kier molecular flexibility index (Phi) is 11.0. The highest BCUT2D eigenvalue weighted by molar-refractivity contribution is 5.54. The van der Waals surface area contributed by atoms with Crippen LogP contribution in [0.5, 0.6) is 5.75 Å². The highest BCUT2D eigenvalue weighted by atomic mass is 19.1. The van der Waals surface area contributed by atoms with Gasteiger partial charge in [0.15, 0.2) is 0 Å². The highest BCUT2D eigenvalue weighted by Gasteiger charge is 2.44. The number of halogens is 2. The van der Waals surface area contributed by atoms with Crippen LogP contribution in [0.1, 0.15) is 38.3 Å². The molecular weight excluding hydrogens is 674 g/mol. The standard InChI is InChI=1S/C37H42F2N8O4.H2O/c1-3-35(26(2)48)47-36(49)46(25-42-47)31-7-5-29(6-8-31)43-14-16-44(17-15-43)30-9-11-32(12-10-30)50-20-27-19-37(51-21-27,22-45-24-40-23-41-45)33-13-4-28(38)18-34(33)39;/h4-13,18,23-27,35,48H,3,14-17,19-22H2,1-2H3;1H2/t26?,27-,35?,37+;/m1./s1. The third-order valence-corrected chi connectivity index (χ3v) is 9.96. The fraction of sp³-hybridized carbons (Fsp3) is 0.405. The van der Waals surface area contributed by atoms with E-state index in [1.165, 1.54) is 34.0 Å². The Hall–Kier alpha value is -5.12. The van der Waals surface area contributed by atoms with Crippen molar-refractivity contribution >= 4 is 11.4 Å². The molecule has 2 unspecified atom stereocenters. The zero-order valence-corrected chi connectivity index (χ0v) is 29.2. The average Bonchev–Trinajstić information content (AvgIpc) is 3.90. The van der Waals surface area contributed by atoms with Gasteiger partial charge in [-0.15, -0.1) is 0 Å². The number of piperazine rings is 1. The molecule has 3 N–H and O–H groups in total. The molecule has 0 spiro atoms. The van der Waals surface area contributed by atoms with E-state index in [4.69, 9.17) is 9.47 Å². The molecule has 52 heavy (non-hydrogen) atoms. The van der Waals surface area contributed by atoms with Crippen LogP contribution in [0, 0.1) is 17.6 Å². The first-order valence-corrected chi connectivity index (χ1v) is 17.3. The molecule has 15 heteroatoms. The molecule has 2 aromatic heterocycles. The number of hydrogen-bond donors (Lipinski definition) is 1. The maximum absolute atomic E-state index is 15.0. The van der Waals surface area contributed by atoms with E-state index in [-0.39, 0.29) is 29.7 Å². The van der Waals surface area contributed by atoms with Gasteiger partial charge in [-0.1, -0.05) is 13.0 Å². The zero-order chi connectivity index (χ0) is 35.5. The summed E-state index contributed by atoms with van der Waals surface area (Å²) in [7, 11) is 0. The van der Waals surface area contributed by atoms with Gasteiger partial charge in [0.25, 0.3) is 0 Å². The maximum Gasteiger partial charge on any atom is 0.350 e. The van der Waals surface area contributed by atoms with Crippen LogP contribution in [0.15, 0.2) is 90.5 Å². The van der Waals surface area contributed by atoms with Crippen molar-refractivity contribution in [3.05, 3.63) is 113 Å². The second-order valence-corrected chi connectivity index (χ2v) is 13.3. The summed E-state index contributed by atoms with van der Waals surface area (Å²) in [5.41, 5.74) is 1.93.